The van der Waals surface area contributed by atoms with E-state index in [1.165, 1.54) is 12.0 Å². The van der Waals surface area contributed by atoms with Crippen molar-refractivity contribution in [2.75, 3.05) is 33.4 Å². The van der Waals surface area contributed by atoms with Gasteiger partial charge in [-0.1, -0.05) is 0 Å². The highest BCUT2D eigenvalue weighted by Crippen LogP contribution is 2.21. The molecule has 7 heteroatoms. The third-order valence-corrected chi connectivity index (χ3v) is 3.62. The van der Waals surface area contributed by atoms with Gasteiger partial charge in [0, 0.05) is 39.1 Å². The van der Waals surface area contributed by atoms with Crippen LogP contribution in [-0.2, 0) is 19.1 Å². The first-order valence-electron chi connectivity index (χ1n) is 6.48. The number of carboxylic acid groups (broad SMARTS) is 1. The van der Waals surface area contributed by atoms with Gasteiger partial charge in [-0.05, 0) is 0 Å². The number of amides is 1. The molecular formula is C12H20N2O5. The van der Waals surface area contributed by atoms with Crippen molar-refractivity contribution < 1.29 is 24.2 Å². The second kappa shape index (κ2) is 6.31. The van der Waals surface area contributed by atoms with Crippen molar-refractivity contribution in [2.45, 2.75) is 31.0 Å². The van der Waals surface area contributed by atoms with E-state index >= 15 is 0 Å². The number of nitrogens with zero attached hydrogens (tertiary/aromatic N) is 1. The number of carbonyl (C=O) groups is 2. The van der Waals surface area contributed by atoms with E-state index in [9.17, 15) is 9.59 Å². The van der Waals surface area contributed by atoms with Crippen molar-refractivity contribution in [2.24, 2.45) is 0 Å². The second-order valence-corrected chi connectivity index (χ2v) is 4.92. The number of hydrogen-bond acceptors (Lipinski definition) is 5. The molecule has 2 fully saturated rings. The summed E-state index contributed by atoms with van der Waals surface area (Å²) in [7, 11) is 1.54. The number of ether oxygens (including phenoxy) is 2. The van der Waals surface area contributed by atoms with E-state index in [2.05, 4.69) is 5.32 Å². The number of hydrogen-bond donors (Lipinski definition) is 2. The summed E-state index contributed by atoms with van der Waals surface area (Å²) in [5.74, 6) is -1.13. The summed E-state index contributed by atoms with van der Waals surface area (Å²) in [6.45, 7) is 2.21. The Hall–Kier alpha value is -1.18. The smallest absolute Gasteiger partial charge is 0.326 e. The first-order chi connectivity index (χ1) is 9.11. The van der Waals surface area contributed by atoms with Gasteiger partial charge in [0.1, 0.15) is 6.04 Å². The molecule has 0 aromatic carbocycles. The van der Waals surface area contributed by atoms with Gasteiger partial charge in [0.2, 0.25) is 5.91 Å². The number of likely N-dealkylation sites (tertiary alicyclic amines) is 1. The molecule has 2 N–H and O–H groups in total. The average Bonchev–Trinajstić information content (AvgIpc) is 2.84. The van der Waals surface area contributed by atoms with Crippen LogP contribution in [0.5, 0.6) is 0 Å². The molecule has 0 radical (unpaired) electrons. The largest absolute Gasteiger partial charge is 0.480 e. The van der Waals surface area contributed by atoms with Crippen LogP contribution in [0.25, 0.3) is 0 Å². The Kier molecular flexibility index (Phi) is 4.73. The Morgan fingerprint density at radius 3 is 2.89 bits per heavy atom. The lowest BCUT2D eigenvalue weighted by molar-refractivity contribution is -0.148. The predicted molar refractivity (Wildman–Crippen MR) is 65.8 cm³/mol. The lowest BCUT2D eigenvalue weighted by Gasteiger charge is -2.27. The maximum Gasteiger partial charge on any atom is 0.326 e. The number of carbonyl (C=O) groups excluding carboxylic acids is 1. The van der Waals surface area contributed by atoms with Crippen molar-refractivity contribution in [1.29, 1.82) is 0 Å². The average molecular weight is 272 g/mol. The van der Waals surface area contributed by atoms with E-state index in [1.807, 2.05) is 0 Å². The van der Waals surface area contributed by atoms with E-state index in [-0.39, 0.29) is 24.5 Å². The van der Waals surface area contributed by atoms with Gasteiger partial charge >= 0.3 is 5.97 Å². The maximum absolute atomic E-state index is 12.2. The van der Waals surface area contributed by atoms with Crippen LogP contribution in [0.1, 0.15) is 12.8 Å². The minimum Gasteiger partial charge on any atom is -0.480 e. The van der Waals surface area contributed by atoms with Gasteiger partial charge < -0.3 is 24.8 Å². The molecule has 2 aliphatic heterocycles. The molecule has 2 saturated heterocycles. The van der Waals surface area contributed by atoms with E-state index < -0.39 is 12.0 Å². The molecule has 2 aliphatic rings. The molecule has 0 aromatic rings. The number of rotatable bonds is 4. The fourth-order valence-corrected chi connectivity index (χ4v) is 2.56. The maximum atomic E-state index is 12.2. The predicted octanol–water partition coefficient (Wildman–Crippen LogP) is -0.935. The fourth-order valence-electron chi connectivity index (χ4n) is 2.56. The van der Waals surface area contributed by atoms with Gasteiger partial charge in [0.15, 0.2) is 0 Å². The minimum atomic E-state index is -0.972. The van der Waals surface area contributed by atoms with Crippen LogP contribution in [0.2, 0.25) is 0 Å². The van der Waals surface area contributed by atoms with Gasteiger partial charge in [-0.3, -0.25) is 4.79 Å². The van der Waals surface area contributed by atoms with Crippen LogP contribution in [0, 0.1) is 0 Å². The Labute approximate surface area is 111 Å². The van der Waals surface area contributed by atoms with Gasteiger partial charge in [-0.2, -0.15) is 0 Å². The summed E-state index contributed by atoms with van der Waals surface area (Å²) in [4.78, 5) is 24.8. The summed E-state index contributed by atoms with van der Waals surface area (Å²) in [6.07, 6.45) is 0.424. The zero-order valence-electron chi connectivity index (χ0n) is 11.0. The molecular weight excluding hydrogens is 252 g/mol. The van der Waals surface area contributed by atoms with Crippen LogP contribution < -0.4 is 5.32 Å². The van der Waals surface area contributed by atoms with Crippen LogP contribution >= 0.6 is 0 Å². The molecule has 0 bridgehead atoms. The van der Waals surface area contributed by atoms with Crippen molar-refractivity contribution >= 4 is 11.9 Å². The van der Waals surface area contributed by atoms with Gasteiger partial charge in [-0.15, -0.1) is 0 Å². The van der Waals surface area contributed by atoms with Crippen molar-refractivity contribution in [3.05, 3.63) is 0 Å². The van der Waals surface area contributed by atoms with Crippen LogP contribution in [0.3, 0.4) is 0 Å². The number of carboxylic acids is 1. The van der Waals surface area contributed by atoms with E-state index in [4.69, 9.17) is 14.6 Å². The first-order valence-corrected chi connectivity index (χ1v) is 6.48. The molecule has 2 heterocycles. The zero-order chi connectivity index (χ0) is 13.8. The quantitative estimate of drug-likeness (QED) is 0.687. The summed E-state index contributed by atoms with van der Waals surface area (Å²) in [5, 5.41) is 12.4. The molecule has 0 spiro atoms. The third kappa shape index (κ3) is 3.43. The van der Waals surface area contributed by atoms with Crippen LogP contribution in [0.4, 0.5) is 0 Å². The topological polar surface area (TPSA) is 88.1 Å². The number of nitrogens with one attached hydrogen (secondary N) is 1. The van der Waals surface area contributed by atoms with Gasteiger partial charge in [-0.25, -0.2) is 4.79 Å². The standard InChI is InChI=1S/C12H20N2O5/c1-18-9-5-10(12(16)17)14(6-9)11(15)4-8-7-19-3-2-13-8/h8-10,13H,2-7H2,1H3,(H,16,17). The number of morpholine rings is 1. The summed E-state index contributed by atoms with van der Waals surface area (Å²) >= 11 is 0. The van der Waals surface area contributed by atoms with Gasteiger partial charge in [0.05, 0.1) is 19.3 Å². The van der Waals surface area contributed by atoms with E-state index in [0.29, 0.717) is 26.2 Å². The molecule has 2 rings (SSSR count). The normalized spacial score (nSPS) is 31.4. The molecule has 0 aliphatic carbocycles. The Bertz CT molecular complexity index is 343. The summed E-state index contributed by atoms with van der Waals surface area (Å²) in [5.41, 5.74) is 0. The molecule has 3 atom stereocenters. The molecule has 19 heavy (non-hydrogen) atoms. The molecule has 7 nitrogen and oxygen atoms in total. The lowest BCUT2D eigenvalue weighted by atomic mass is 10.1. The van der Waals surface area contributed by atoms with Gasteiger partial charge in [0.25, 0.3) is 0 Å². The Morgan fingerprint density at radius 1 is 1.53 bits per heavy atom. The zero-order valence-corrected chi connectivity index (χ0v) is 11.0. The highest BCUT2D eigenvalue weighted by atomic mass is 16.5. The highest BCUT2D eigenvalue weighted by molar-refractivity contribution is 5.84. The third-order valence-electron chi connectivity index (χ3n) is 3.62. The molecule has 3 unspecified atom stereocenters. The summed E-state index contributed by atoms with van der Waals surface area (Å²) < 4.78 is 10.5. The van der Waals surface area contributed by atoms with E-state index in [1.54, 1.807) is 0 Å². The van der Waals surface area contributed by atoms with Crippen molar-refractivity contribution in [1.82, 2.24) is 10.2 Å². The van der Waals surface area contributed by atoms with E-state index in [0.717, 1.165) is 6.54 Å². The SMILES string of the molecule is COC1CC(C(=O)O)N(C(=O)CC2COCCN2)C1. The Balaban J connectivity index is 1.94. The number of methoxy groups -OCH3 is 1. The first kappa shape index (κ1) is 14.2. The molecule has 1 amide bonds. The van der Waals surface area contributed by atoms with Crippen LogP contribution in [-0.4, -0.2) is 73.5 Å². The monoisotopic (exact) mass is 272 g/mol. The van der Waals surface area contributed by atoms with Crippen molar-refractivity contribution in [3.8, 4) is 0 Å². The minimum absolute atomic E-state index is 0.0303. The summed E-state index contributed by atoms with van der Waals surface area (Å²) in [6, 6.07) is -0.806. The molecule has 108 valence electrons. The highest BCUT2D eigenvalue weighted by Gasteiger charge is 2.40. The molecule has 0 saturated carbocycles. The van der Waals surface area contributed by atoms with Crippen molar-refractivity contribution in [3.63, 3.8) is 0 Å². The lowest BCUT2D eigenvalue weighted by Crippen LogP contribution is -2.47. The Morgan fingerprint density at radius 2 is 2.32 bits per heavy atom. The van der Waals surface area contributed by atoms with Crippen LogP contribution in [0.15, 0.2) is 0 Å². The second-order valence-electron chi connectivity index (χ2n) is 4.92. The number of aliphatic carboxylic acids is 1. The molecule has 0 aromatic heterocycles. The fraction of sp³-hybridized carbons (Fsp3) is 0.833.